The van der Waals surface area contributed by atoms with Gasteiger partial charge >= 0.3 is 0 Å². The molecule has 1 N–H and O–H groups in total. The molecule has 0 fully saturated rings. The van der Waals surface area contributed by atoms with Crippen molar-refractivity contribution in [1.29, 1.82) is 0 Å². The Kier molecular flexibility index (Phi) is 5.15. The van der Waals surface area contributed by atoms with Gasteiger partial charge < -0.3 is 14.8 Å². The topological polar surface area (TPSA) is 65.4 Å². The van der Waals surface area contributed by atoms with Crippen LogP contribution in [0.3, 0.4) is 0 Å². The lowest BCUT2D eigenvalue weighted by atomic mass is 10.1. The molecule has 0 radical (unpaired) electrons. The Morgan fingerprint density at radius 3 is 2.64 bits per heavy atom. The van der Waals surface area contributed by atoms with Gasteiger partial charge in [0.05, 0.1) is 22.8 Å². The van der Waals surface area contributed by atoms with Gasteiger partial charge in [-0.1, -0.05) is 47.5 Å². The van der Waals surface area contributed by atoms with Gasteiger partial charge in [-0.2, -0.15) is 5.10 Å². The molecule has 0 unspecified atom stereocenters. The molecule has 0 spiro atoms. The van der Waals surface area contributed by atoms with E-state index >= 15 is 0 Å². The summed E-state index contributed by atoms with van der Waals surface area (Å²) in [6, 6.07) is 14.4. The SMILES string of the molecule is C[C@H]1Oc2ccccc2O[C@@H]1C(=O)Nc1ccnn1Cc1cccc(Cl)c1Cl. The van der Waals surface area contributed by atoms with Crippen LogP contribution in [0, 0.1) is 0 Å². The van der Waals surface area contributed by atoms with Gasteiger partial charge in [-0.05, 0) is 30.7 Å². The number of nitrogens with zero attached hydrogens (tertiary/aromatic N) is 2. The van der Waals surface area contributed by atoms with E-state index < -0.39 is 12.2 Å². The number of anilines is 1. The zero-order chi connectivity index (χ0) is 19.7. The van der Waals surface area contributed by atoms with Crippen molar-refractivity contribution >= 4 is 34.9 Å². The fourth-order valence-corrected chi connectivity index (χ4v) is 3.38. The molecule has 2 heterocycles. The molecular weight excluding hydrogens is 401 g/mol. The van der Waals surface area contributed by atoms with Crippen molar-refractivity contribution in [3.05, 3.63) is 70.3 Å². The predicted molar refractivity (Wildman–Crippen MR) is 107 cm³/mol. The number of amides is 1. The number of fused-ring (bicyclic) bond motifs is 1. The third-order valence-corrected chi connectivity index (χ3v) is 5.28. The largest absolute Gasteiger partial charge is 0.482 e. The van der Waals surface area contributed by atoms with Crippen LogP contribution in [0.1, 0.15) is 12.5 Å². The maximum absolute atomic E-state index is 12.8. The van der Waals surface area contributed by atoms with Crippen LogP contribution in [0.15, 0.2) is 54.7 Å². The highest BCUT2D eigenvalue weighted by molar-refractivity contribution is 6.42. The number of hydrogen-bond acceptors (Lipinski definition) is 4. The summed E-state index contributed by atoms with van der Waals surface area (Å²) in [7, 11) is 0. The number of halogens is 2. The van der Waals surface area contributed by atoms with E-state index in [9.17, 15) is 4.79 Å². The first kappa shape index (κ1) is 18.7. The molecule has 1 aromatic heterocycles. The Bertz CT molecular complexity index is 1020. The molecule has 8 heteroatoms. The van der Waals surface area contributed by atoms with E-state index in [4.69, 9.17) is 32.7 Å². The first-order valence-corrected chi connectivity index (χ1v) is 9.46. The Hall–Kier alpha value is -2.70. The van der Waals surface area contributed by atoms with Gasteiger partial charge in [0.25, 0.3) is 5.91 Å². The third kappa shape index (κ3) is 3.66. The monoisotopic (exact) mass is 417 g/mol. The molecule has 3 aromatic rings. The molecule has 6 nitrogen and oxygen atoms in total. The molecule has 0 saturated heterocycles. The molecule has 0 bridgehead atoms. The lowest BCUT2D eigenvalue weighted by Gasteiger charge is -2.31. The van der Waals surface area contributed by atoms with Gasteiger partial charge in [0.2, 0.25) is 6.10 Å². The van der Waals surface area contributed by atoms with Gasteiger partial charge in [-0.25, -0.2) is 4.68 Å². The summed E-state index contributed by atoms with van der Waals surface area (Å²) >= 11 is 12.3. The van der Waals surface area contributed by atoms with E-state index in [1.165, 1.54) is 0 Å². The number of aromatic nitrogens is 2. The van der Waals surface area contributed by atoms with Crippen LogP contribution in [-0.4, -0.2) is 27.9 Å². The summed E-state index contributed by atoms with van der Waals surface area (Å²) in [5, 5.41) is 8.05. The summed E-state index contributed by atoms with van der Waals surface area (Å²) in [5.74, 6) is 1.37. The number of carbonyl (C=O) groups excluding carboxylic acids is 1. The molecule has 4 rings (SSSR count). The third-order valence-electron chi connectivity index (χ3n) is 4.42. The molecule has 0 saturated carbocycles. The minimum Gasteiger partial charge on any atom is -0.482 e. The van der Waals surface area contributed by atoms with E-state index in [1.807, 2.05) is 30.3 Å². The first-order chi connectivity index (χ1) is 13.5. The van der Waals surface area contributed by atoms with Crippen LogP contribution >= 0.6 is 23.2 Å². The van der Waals surface area contributed by atoms with Gasteiger partial charge in [0, 0.05) is 6.07 Å². The molecule has 2 aromatic carbocycles. The lowest BCUT2D eigenvalue weighted by molar-refractivity contribution is -0.128. The number of carbonyl (C=O) groups is 1. The number of hydrogen-bond donors (Lipinski definition) is 1. The summed E-state index contributed by atoms with van der Waals surface area (Å²) in [6.07, 6.45) is 0.382. The number of rotatable bonds is 4. The van der Waals surface area contributed by atoms with Crippen molar-refractivity contribution in [3.8, 4) is 11.5 Å². The average molecular weight is 418 g/mol. The van der Waals surface area contributed by atoms with Gasteiger partial charge in [-0.3, -0.25) is 4.79 Å². The van der Waals surface area contributed by atoms with Crippen LogP contribution in [0.25, 0.3) is 0 Å². The minimum atomic E-state index is -0.784. The number of para-hydroxylation sites is 2. The Morgan fingerprint density at radius 1 is 1.11 bits per heavy atom. The molecule has 1 amide bonds. The van der Waals surface area contributed by atoms with Crippen molar-refractivity contribution in [2.24, 2.45) is 0 Å². The Balaban J connectivity index is 1.50. The van der Waals surface area contributed by atoms with Crippen molar-refractivity contribution < 1.29 is 14.3 Å². The normalized spacial score (nSPS) is 18.0. The van der Waals surface area contributed by atoms with Crippen LogP contribution in [0.5, 0.6) is 11.5 Å². The highest BCUT2D eigenvalue weighted by Gasteiger charge is 2.34. The summed E-state index contributed by atoms with van der Waals surface area (Å²) in [5.41, 5.74) is 0.799. The van der Waals surface area contributed by atoms with Crippen molar-refractivity contribution in [2.45, 2.75) is 25.7 Å². The Morgan fingerprint density at radius 2 is 1.86 bits per heavy atom. The number of benzene rings is 2. The number of nitrogens with one attached hydrogen (secondary N) is 1. The second-order valence-electron chi connectivity index (χ2n) is 6.38. The molecule has 1 aliphatic rings. The second kappa shape index (κ2) is 7.73. The number of ether oxygens (including phenoxy) is 2. The summed E-state index contributed by atoms with van der Waals surface area (Å²) in [4.78, 5) is 12.8. The zero-order valence-electron chi connectivity index (χ0n) is 14.9. The molecule has 2 atom stereocenters. The fraction of sp³-hybridized carbons (Fsp3) is 0.200. The quantitative estimate of drug-likeness (QED) is 0.682. The smallest absolute Gasteiger partial charge is 0.270 e. The van der Waals surface area contributed by atoms with Gasteiger partial charge in [0.1, 0.15) is 11.9 Å². The van der Waals surface area contributed by atoms with E-state index in [0.29, 0.717) is 33.9 Å². The van der Waals surface area contributed by atoms with E-state index in [1.54, 1.807) is 36.0 Å². The maximum Gasteiger partial charge on any atom is 0.270 e. The van der Waals surface area contributed by atoms with Gasteiger partial charge in [0.15, 0.2) is 11.5 Å². The van der Waals surface area contributed by atoms with Crippen LogP contribution < -0.4 is 14.8 Å². The van der Waals surface area contributed by atoms with Crippen molar-refractivity contribution in [1.82, 2.24) is 9.78 Å². The zero-order valence-corrected chi connectivity index (χ0v) is 16.4. The molecule has 0 aliphatic carbocycles. The predicted octanol–water partition coefficient (Wildman–Crippen LogP) is 4.41. The van der Waals surface area contributed by atoms with Crippen LogP contribution in [-0.2, 0) is 11.3 Å². The van der Waals surface area contributed by atoms with Crippen LogP contribution in [0.2, 0.25) is 10.0 Å². The van der Waals surface area contributed by atoms with Crippen LogP contribution in [0.4, 0.5) is 5.82 Å². The summed E-state index contributed by atoms with van der Waals surface area (Å²) in [6.45, 7) is 2.16. The second-order valence-corrected chi connectivity index (χ2v) is 7.17. The van der Waals surface area contributed by atoms with Crippen molar-refractivity contribution in [3.63, 3.8) is 0 Å². The standard InChI is InChI=1S/C20H17Cl2N3O3/c1-12-19(28-16-8-3-2-7-15(16)27-12)20(26)24-17-9-10-23-25(17)11-13-5-4-6-14(21)18(13)22/h2-10,12,19H,11H2,1H3,(H,24,26)/t12-,19+/m1/s1. The average Bonchev–Trinajstić information content (AvgIpc) is 3.11. The maximum atomic E-state index is 12.8. The van der Waals surface area contributed by atoms with E-state index in [2.05, 4.69) is 10.4 Å². The molecule has 144 valence electrons. The lowest BCUT2D eigenvalue weighted by Crippen LogP contribution is -2.46. The molecule has 28 heavy (non-hydrogen) atoms. The summed E-state index contributed by atoms with van der Waals surface area (Å²) < 4.78 is 13.3. The fourth-order valence-electron chi connectivity index (χ4n) is 3.00. The van der Waals surface area contributed by atoms with Crippen molar-refractivity contribution in [2.75, 3.05) is 5.32 Å². The van der Waals surface area contributed by atoms with E-state index in [0.717, 1.165) is 5.56 Å². The highest BCUT2D eigenvalue weighted by Crippen LogP contribution is 2.33. The first-order valence-electron chi connectivity index (χ1n) is 8.71. The minimum absolute atomic E-state index is 0.319. The molecular formula is C20H17Cl2N3O3. The highest BCUT2D eigenvalue weighted by atomic mass is 35.5. The molecule has 1 aliphatic heterocycles. The van der Waals surface area contributed by atoms with E-state index in [-0.39, 0.29) is 5.91 Å². The van der Waals surface area contributed by atoms with Gasteiger partial charge in [-0.15, -0.1) is 0 Å². The Labute approximate surface area is 172 Å².